The minimum atomic E-state index is -0.225. The van der Waals surface area contributed by atoms with Gasteiger partial charge in [-0.1, -0.05) is 38.8 Å². The van der Waals surface area contributed by atoms with Gasteiger partial charge in [-0.15, -0.1) is 0 Å². The highest BCUT2D eigenvalue weighted by atomic mass is 16.5. The zero-order valence-corrected chi connectivity index (χ0v) is 13.4. The van der Waals surface area contributed by atoms with Crippen molar-refractivity contribution in [2.75, 3.05) is 13.7 Å². The first-order valence-corrected chi connectivity index (χ1v) is 7.54. The molecule has 1 aliphatic rings. The standard InChI is InChI=1S/C15H25N3O3/c1-15(2,3)14-16-12(21-17-14)9-18(10-13(19)20-4)11-7-5-6-8-11/h11H,5-10H2,1-4H3. The summed E-state index contributed by atoms with van der Waals surface area (Å²) in [5.74, 6) is 1.04. The Morgan fingerprint density at radius 3 is 2.57 bits per heavy atom. The molecule has 6 heteroatoms. The van der Waals surface area contributed by atoms with Gasteiger partial charge in [0.25, 0.3) is 0 Å². The molecular weight excluding hydrogens is 270 g/mol. The fourth-order valence-corrected chi connectivity index (χ4v) is 2.61. The van der Waals surface area contributed by atoms with E-state index in [2.05, 4.69) is 15.0 Å². The van der Waals surface area contributed by atoms with Crippen LogP contribution in [0, 0.1) is 0 Å². The fourth-order valence-electron chi connectivity index (χ4n) is 2.61. The number of carbonyl (C=O) groups is 1. The molecule has 0 radical (unpaired) electrons. The summed E-state index contributed by atoms with van der Waals surface area (Å²) < 4.78 is 10.1. The molecule has 0 aliphatic heterocycles. The first kappa shape index (κ1) is 15.9. The van der Waals surface area contributed by atoms with E-state index in [1.165, 1.54) is 20.0 Å². The van der Waals surface area contributed by atoms with Crippen molar-refractivity contribution in [1.29, 1.82) is 0 Å². The van der Waals surface area contributed by atoms with E-state index < -0.39 is 0 Å². The lowest BCUT2D eigenvalue weighted by molar-refractivity contribution is -0.142. The number of rotatable bonds is 5. The van der Waals surface area contributed by atoms with E-state index in [1.54, 1.807) is 0 Å². The zero-order chi connectivity index (χ0) is 15.5. The van der Waals surface area contributed by atoms with Gasteiger partial charge in [0, 0.05) is 11.5 Å². The Labute approximate surface area is 125 Å². The number of esters is 1. The molecule has 1 heterocycles. The van der Waals surface area contributed by atoms with Crippen LogP contribution < -0.4 is 0 Å². The molecule has 6 nitrogen and oxygen atoms in total. The second-order valence-corrected chi connectivity index (χ2v) is 6.68. The van der Waals surface area contributed by atoms with Gasteiger partial charge in [0.15, 0.2) is 5.82 Å². The Balaban J connectivity index is 2.06. The van der Waals surface area contributed by atoms with Gasteiger partial charge in [-0.2, -0.15) is 4.98 Å². The van der Waals surface area contributed by atoms with Crippen molar-refractivity contribution in [3.63, 3.8) is 0 Å². The average Bonchev–Trinajstić information content (AvgIpc) is 3.08. The lowest BCUT2D eigenvalue weighted by Crippen LogP contribution is -2.37. The van der Waals surface area contributed by atoms with Crippen LogP contribution in [0.5, 0.6) is 0 Å². The van der Waals surface area contributed by atoms with Gasteiger partial charge in [0.2, 0.25) is 5.89 Å². The summed E-state index contributed by atoms with van der Waals surface area (Å²) in [6, 6.07) is 0.397. The largest absolute Gasteiger partial charge is 0.468 e. The second-order valence-electron chi connectivity index (χ2n) is 6.68. The summed E-state index contributed by atoms with van der Waals surface area (Å²) in [6.07, 6.45) is 4.63. The topological polar surface area (TPSA) is 68.5 Å². The van der Waals surface area contributed by atoms with E-state index in [4.69, 9.17) is 9.26 Å². The highest BCUT2D eigenvalue weighted by Crippen LogP contribution is 2.25. The van der Waals surface area contributed by atoms with Crippen molar-refractivity contribution >= 4 is 5.97 Å². The van der Waals surface area contributed by atoms with Crippen molar-refractivity contribution in [2.45, 2.75) is 64.5 Å². The van der Waals surface area contributed by atoms with E-state index in [9.17, 15) is 4.79 Å². The number of ether oxygens (including phenoxy) is 1. The number of hydrogen-bond acceptors (Lipinski definition) is 6. The maximum atomic E-state index is 11.6. The molecule has 118 valence electrons. The molecule has 21 heavy (non-hydrogen) atoms. The minimum Gasteiger partial charge on any atom is -0.468 e. The van der Waals surface area contributed by atoms with Crippen LogP contribution in [0.15, 0.2) is 4.52 Å². The molecule has 2 rings (SSSR count). The molecular formula is C15H25N3O3. The van der Waals surface area contributed by atoms with Crippen LogP contribution in [0.2, 0.25) is 0 Å². The zero-order valence-electron chi connectivity index (χ0n) is 13.4. The van der Waals surface area contributed by atoms with E-state index >= 15 is 0 Å². The summed E-state index contributed by atoms with van der Waals surface area (Å²) in [5.41, 5.74) is -0.137. The van der Waals surface area contributed by atoms with Gasteiger partial charge >= 0.3 is 5.97 Å². The smallest absolute Gasteiger partial charge is 0.319 e. The van der Waals surface area contributed by atoms with Gasteiger partial charge in [-0.05, 0) is 12.8 Å². The van der Waals surface area contributed by atoms with Gasteiger partial charge in [0.05, 0.1) is 20.2 Å². The summed E-state index contributed by atoms with van der Waals surface area (Å²) in [7, 11) is 1.42. The lowest BCUT2D eigenvalue weighted by atomic mass is 9.96. The van der Waals surface area contributed by atoms with Gasteiger partial charge in [-0.3, -0.25) is 9.69 Å². The molecule has 1 saturated carbocycles. The molecule has 1 aliphatic carbocycles. The molecule has 1 fully saturated rings. The summed E-state index contributed by atoms with van der Waals surface area (Å²) >= 11 is 0. The number of hydrogen-bond donors (Lipinski definition) is 0. The van der Waals surface area contributed by atoms with E-state index in [1.807, 2.05) is 20.8 Å². The average molecular weight is 295 g/mol. The Kier molecular flexibility index (Phi) is 4.98. The molecule has 0 saturated heterocycles. The Hall–Kier alpha value is -1.43. The first-order chi connectivity index (χ1) is 9.90. The van der Waals surface area contributed by atoms with Crippen molar-refractivity contribution in [3.05, 3.63) is 11.7 Å². The lowest BCUT2D eigenvalue weighted by Gasteiger charge is -2.25. The van der Waals surface area contributed by atoms with Crippen LogP contribution in [-0.2, 0) is 21.5 Å². The summed E-state index contributed by atoms with van der Waals surface area (Å²) in [5, 5.41) is 4.04. The fraction of sp³-hybridized carbons (Fsp3) is 0.800. The SMILES string of the molecule is COC(=O)CN(Cc1nc(C(C)(C)C)no1)C1CCCC1. The van der Waals surface area contributed by atoms with E-state index in [0.717, 1.165) is 12.8 Å². The van der Waals surface area contributed by atoms with Crippen LogP contribution in [0.4, 0.5) is 0 Å². The molecule has 0 bridgehead atoms. The maximum Gasteiger partial charge on any atom is 0.319 e. The molecule has 0 spiro atoms. The third-order valence-corrected chi connectivity index (χ3v) is 3.88. The van der Waals surface area contributed by atoms with Crippen LogP contribution in [0.1, 0.15) is 58.2 Å². The maximum absolute atomic E-state index is 11.6. The van der Waals surface area contributed by atoms with Crippen LogP contribution in [-0.4, -0.2) is 40.7 Å². The number of nitrogens with zero attached hydrogens (tertiary/aromatic N) is 3. The van der Waals surface area contributed by atoms with Crippen molar-refractivity contribution in [1.82, 2.24) is 15.0 Å². The van der Waals surface area contributed by atoms with E-state index in [0.29, 0.717) is 24.3 Å². The number of carbonyl (C=O) groups excluding carboxylic acids is 1. The highest BCUT2D eigenvalue weighted by Gasteiger charge is 2.27. The molecule has 1 aromatic heterocycles. The Bertz CT molecular complexity index is 473. The third-order valence-electron chi connectivity index (χ3n) is 3.88. The quantitative estimate of drug-likeness (QED) is 0.776. The normalized spacial score (nSPS) is 16.6. The second kappa shape index (κ2) is 6.56. The Morgan fingerprint density at radius 1 is 1.38 bits per heavy atom. The molecule has 0 N–H and O–H groups in total. The predicted molar refractivity (Wildman–Crippen MR) is 77.7 cm³/mol. The molecule has 0 amide bonds. The molecule has 1 aromatic rings. The number of methoxy groups -OCH3 is 1. The summed E-state index contributed by atoms with van der Waals surface area (Å²) in [6.45, 7) is 6.91. The van der Waals surface area contributed by atoms with Crippen LogP contribution >= 0.6 is 0 Å². The van der Waals surface area contributed by atoms with Gasteiger partial charge in [-0.25, -0.2) is 0 Å². The van der Waals surface area contributed by atoms with E-state index in [-0.39, 0.29) is 17.9 Å². The van der Waals surface area contributed by atoms with Crippen molar-refractivity contribution < 1.29 is 14.1 Å². The number of aromatic nitrogens is 2. The monoisotopic (exact) mass is 295 g/mol. The molecule has 0 atom stereocenters. The molecule has 0 unspecified atom stereocenters. The van der Waals surface area contributed by atoms with Crippen LogP contribution in [0.25, 0.3) is 0 Å². The van der Waals surface area contributed by atoms with Crippen LogP contribution in [0.3, 0.4) is 0 Å². The summed E-state index contributed by atoms with van der Waals surface area (Å²) in [4.78, 5) is 18.2. The van der Waals surface area contributed by atoms with Crippen molar-refractivity contribution in [2.24, 2.45) is 0 Å². The minimum absolute atomic E-state index is 0.137. The predicted octanol–water partition coefficient (Wildman–Crippen LogP) is 2.28. The third kappa shape index (κ3) is 4.27. The Morgan fingerprint density at radius 2 is 2.05 bits per heavy atom. The highest BCUT2D eigenvalue weighted by molar-refractivity contribution is 5.71. The van der Waals surface area contributed by atoms with Gasteiger partial charge in [0.1, 0.15) is 0 Å². The molecule has 0 aromatic carbocycles. The van der Waals surface area contributed by atoms with Gasteiger partial charge < -0.3 is 9.26 Å². The first-order valence-electron chi connectivity index (χ1n) is 7.54. The van der Waals surface area contributed by atoms with Crippen molar-refractivity contribution in [3.8, 4) is 0 Å².